The van der Waals surface area contributed by atoms with Crippen LogP contribution in [0, 0.1) is 0 Å². The highest BCUT2D eigenvalue weighted by Crippen LogP contribution is 2.10. The van der Waals surface area contributed by atoms with Gasteiger partial charge in [0.05, 0.1) is 0 Å². The van der Waals surface area contributed by atoms with Crippen molar-refractivity contribution in [1.82, 2.24) is 0 Å². The van der Waals surface area contributed by atoms with Crippen molar-refractivity contribution in [3.8, 4) is 0 Å². The second-order valence-corrected chi connectivity index (χ2v) is 4.37. The third-order valence-electron chi connectivity index (χ3n) is 1.86. The van der Waals surface area contributed by atoms with E-state index in [0.717, 1.165) is 10.5 Å². The van der Waals surface area contributed by atoms with E-state index in [1.807, 2.05) is 6.07 Å². The van der Waals surface area contributed by atoms with Gasteiger partial charge in [-0.25, -0.2) is 0 Å². The molecule has 0 aliphatic rings. The number of aryl methyl sites for hydroxylation is 1. The van der Waals surface area contributed by atoms with Crippen LogP contribution in [0.15, 0.2) is 29.2 Å². The van der Waals surface area contributed by atoms with Gasteiger partial charge in [0.15, 0.2) is 0 Å². The molecule has 76 valence electrons. The lowest BCUT2D eigenvalue weighted by atomic mass is 10.1. The molecule has 0 aromatic heterocycles. The van der Waals surface area contributed by atoms with Gasteiger partial charge in [0.25, 0.3) is 0 Å². The van der Waals surface area contributed by atoms with Gasteiger partial charge in [0.2, 0.25) is 0 Å². The molecule has 3 nitrogen and oxygen atoms in total. The number of carbonyl (C=O) groups is 1. The maximum Gasteiger partial charge on any atom is 0.303 e. The zero-order valence-corrected chi connectivity index (χ0v) is 8.71. The predicted molar refractivity (Wildman–Crippen MR) is 54.7 cm³/mol. The maximum absolute atomic E-state index is 11.1. The summed E-state index contributed by atoms with van der Waals surface area (Å²) < 4.78 is 11.1. The lowest BCUT2D eigenvalue weighted by molar-refractivity contribution is -0.136. The number of aliphatic carboxylic acids is 1. The number of carboxylic acid groups (broad SMARTS) is 1. The zero-order valence-electron chi connectivity index (χ0n) is 7.90. The number of hydrogen-bond acceptors (Lipinski definition) is 2. The van der Waals surface area contributed by atoms with Crippen LogP contribution in [-0.2, 0) is 22.0 Å². The van der Waals surface area contributed by atoms with Crippen molar-refractivity contribution >= 4 is 16.8 Å². The van der Waals surface area contributed by atoms with E-state index < -0.39 is 16.8 Å². The van der Waals surface area contributed by atoms with Gasteiger partial charge in [-0.1, -0.05) is 12.1 Å². The smallest absolute Gasteiger partial charge is 0.303 e. The molecular weight excluding hydrogens is 200 g/mol. The Morgan fingerprint density at radius 2 is 2.21 bits per heavy atom. The Bertz CT molecular complexity index is 360. The Balaban J connectivity index is 2.73. The Hall–Kier alpha value is -1.16. The zero-order chi connectivity index (χ0) is 10.6. The Morgan fingerprint density at radius 1 is 1.50 bits per heavy atom. The van der Waals surface area contributed by atoms with Gasteiger partial charge in [-0.05, 0) is 24.1 Å². The van der Waals surface area contributed by atoms with Crippen LogP contribution in [0.2, 0.25) is 0 Å². The van der Waals surface area contributed by atoms with Gasteiger partial charge < -0.3 is 5.11 Å². The van der Waals surface area contributed by atoms with Gasteiger partial charge in [-0.2, -0.15) is 0 Å². The maximum atomic E-state index is 11.1. The summed E-state index contributed by atoms with van der Waals surface area (Å²) in [5.74, 6) is -0.812. The Morgan fingerprint density at radius 3 is 2.79 bits per heavy atom. The van der Waals surface area contributed by atoms with Gasteiger partial charge in [-0.15, -0.1) is 0 Å². The van der Waals surface area contributed by atoms with Gasteiger partial charge >= 0.3 is 5.97 Å². The largest absolute Gasteiger partial charge is 0.481 e. The fourth-order valence-electron chi connectivity index (χ4n) is 1.13. The summed E-state index contributed by atoms with van der Waals surface area (Å²) in [6.45, 7) is 0. The van der Waals surface area contributed by atoms with E-state index in [1.54, 1.807) is 24.5 Å². The number of carboxylic acids is 1. The van der Waals surface area contributed by atoms with E-state index in [9.17, 15) is 9.00 Å². The van der Waals surface area contributed by atoms with Gasteiger partial charge in [0.1, 0.15) is 0 Å². The molecule has 0 saturated carbocycles. The first-order valence-electron chi connectivity index (χ1n) is 4.24. The van der Waals surface area contributed by atoms with E-state index in [-0.39, 0.29) is 6.42 Å². The van der Waals surface area contributed by atoms with Crippen molar-refractivity contribution in [3.63, 3.8) is 0 Å². The van der Waals surface area contributed by atoms with Crippen molar-refractivity contribution in [3.05, 3.63) is 29.8 Å². The number of hydrogen-bond donors (Lipinski definition) is 1. The molecular formula is C10H12O3S. The molecule has 1 unspecified atom stereocenters. The fraction of sp³-hybridized carbons (Fsp3) is 0.300. The standard InChI is InChI=1S/C10H12O3S/c1-14(13)9-4-2-3-8(7-9)5-6-10(11)12/h2-4,7H,5-6H2,1H3,(H,11,12). The van der Waals surface area contributed by atoms with Crippen LogP contribution >= 0.6 is 0 Å². The average Bonchev–Trinajstić information content (AvgIpc) is 2.15. The van der Waals surface area contributed by atoms with Gasteiger partial charge in [-0.3, -0.25) is 9.00 Å². The molecule has 0 spiro atoms. The van der Waals surface area contributed by atoms with E-state index in [2.05, 4.69) is 0 Å². The van der Waals surface area contributed by atoms with Crippen molar-refractivity contribution in [2.24, 2.45) is 0 Å². The second-order valence-electron chi connectivity index (χ2n) is 3.00. The van der Waals surface area contributed by atoms with Crippen LogP contribution in [-0.4, -0.2) is 21.5 Å². The Kier molecular flexibility index (Phi) is 3.83. The number of benzene rings is 1. The van der Waals surface area contributed by atoms with E-state index in [1.165, 1.54) is 0 Å². The summed E-state index contributed by atoms with van der Waals surface area (Å²) in [5.41, 5.74) is 0.917. The van der Waals surface area contributed by atoms with Crippen molar-refractivity contribution in [1.29, 1.82) is 0 Å². The summed E-state index contributed by atoms with van der Waals surface area (Å²) in [6.07, 6.45) is 2.20. The molecule has 1 aromatic carbocycles. The number of rotatable bonds is 4. The first-order chi connectivity index (χ1) is 6.59. The van der Waals surface area contributed by atoms with Crippen LogP contribution in [0.1, 0.15) is 12.0 Å². The van der Waals surface area contributed by atoms with Crippen LogP contribution in [0.4, 0.5) is 0 Å². The lowest BCUT2D eigenvalue weighted by Crippen LogP contribution is -1.98. The third kappa shape index (κ3) is 3.30. The molecule has 0 aliphatic heterocycles. The molecule has 0 radical (unpaired) electrons. The highest BCUT2D eigenvalue weighted by Gasteiger charge is 2.01. The molecule has 0 amide bonds. The minimum absolute atomic E-state index is 0.111. The highest BCUT2D eigenvalue weighted by molar-refractivity contribution is 7.84. The molecule has 0 bridgehead atoms. The topological polar surface area (TPSA) is 54.4 Å². The molecule has 0 fully saturated rings. The predicted octanol–water partition coefficient (Wildman–Crippen LogP) is 1.44. The SMILES string of the molecule is CS(=O)c1cccc(CCC(=O)O)c1. The van der Waals surface area contributed by atoms with E-state index in [4.69, 9.17) is 5.11 Å². The molecule has 1 rings (SSSR count). The minimum atomic E-state index is -1.00. The first-order valence-corrected chi connectivity index (χ1v) is 5.79. The monoisotopic (exact) mass is 212 g/mol. The summed E-state index contributed by atoms with van der Waals surface area (Å²) >= 11 is 0. The molecule has 0 saturated heterocycles. The molecule has 1 atom stereocenters. The highest BCUT2D eigenvalue weighted by atomic mass is 32.2. The summed E-state index contributed by atoms with van der Waals surface area (Å²) in [4.78, 5) is 11.1. The molecule has 0 aliphatic carbocycles. The van der Waals surface area contributed by atoms with Crippen LogP contribution in [0.5, 0.6) is 0 Å². The average molecular weight is 212 g/mol. The molecule has 4 heteroatoms. The second kappa shape index (κ2) is 4.91. The fourth-order valence-corrected chi connectivity index (χ4v) is 1.72. The Labute approximate surface area is 85.2 Å². The first kappa shape index (κ1) is 10.9. The normalized spacial score (nSPS) is 12.4. The quantitative estimate of drug-likeness (QED) is 0.821. The molecule has 1 aromatic rings. The summed E-state index contributed by atoms with van der Waals surface area (Å²) in [5, 5.41) is 8.49. The lowest BCUT2D eigenvalue weighted by Gasteiger charge is -2.01. The minimum Gasteiger partial charge on any atom is -0.481 e. The van der Waals surface area contributed by atoms with E-state index in [0.29, 0.717) is 6.42 Å². The third-order valence-corrected chi connectivity index (χ3v) is 2.78. The van der Waals surface area contributed by atoms with Crippen molar-refractivity contribution in [2.45, 2.75) is 17.7 Å². The van der Waals surface area contributed by atoms with E-state index >= 15 is 0 Å². The molecule has 0 heterocycles. The summed E-state index contributed by atoms with van der Waals surface area (Å²) in [7, 11) is -1.00. The molecule has 14 heavy (non-hydrogen) atoms. The molecule has 1 N–H and O–H groups in total. The van der Waals surface area contributed by atoms with Crippen LogP contribution < -0.4 is 0 Å². The van der Waals surface area contributed by atoms with Crippen molar-refractivity contribution < 1.29 is 14.1 Å². The summed E-state index contributed by atoms with van der Waals surface area (Å²) in [6, 6.07) is 7.21. The van der Waals surface area contributed by atoms with Crippen LogP contribution in [0.25, 0.3) is 0 Å². The van der Waals surface area contributed by atoms with Crippen molar-refractivity contribution in [2.75, 3.05) is 6.26 Å². The van der Waals surface area contributed by atoms with Gasteiger partial charge in [0, 0.05) is 28.4 Å². The van der Waals surface area contributed by atoms with Crippen LogP contribution in [0.3, 0.4) is 0 Å².